The Morgan fingerprint density at radius 1 is 1.04 bits per heavy atom. The highest BCUT2D eigenvalue weighted by molar-refractivity contribution is 8.00. The van der Waals surface area contributed by atoms with Crippen LogP contribution in [0.1, 0.15) is 28.3 Å². The number of rotatable bonds is 7. The first-order chi connectivity index (χ1) is 11.6. The third-order valence-electron chi connectivity index (χ3n) is 4.00. The lowest BCUT2D eigenvalue weighted by atomic mass is 10.1. The first kappa shape index (κ1) is 16.7. The van der Waals surface area contributed by atoms with Crippen LogP contribution in [0.3, 0.4) is 0 Å². The lowest BCUT2D eigenvalue weighted by Crippen LogP contribution is -2.28. The number of hydrogen-bond donors (Lipinski definition) is 1. The lowest BCUT2D eigenvalue weighted by molar-refractivity contribution is -0.118. The van der Waals surface area contributed by atoms with Crippen LogP contribution in [-0.2, 0) is 4.79 Å². The SMILES string of the molecule is O=C(CSCC(=O)c1ccccc1)N[C@H]1C[C@H]1c1ccc(F)cc1. The summed E-state index contributed by atoms with van der Waals surface area (Å²) in [4.78, 5) is 23.9. The highest BCUT2D eigenvalue weighted by atomic mass is 32.2. The molecular formula is C19H18FNO2S. The maximum absolute atomic E-state index is 12.9. The van der Waals surface area contributed by atoms with Crippen molar-refractivity contribution in [2.75, 3.05) is 11.5 Å². The predicted octanol–water partition coefficient (Wildman–Crippen LogP) is 3.41. The molecule has 0 unspecified atom stereocenters. The fraction of sp³-hybridized carbons (Fsp3) is 0.263. The number of carbonyl (C=O) groups is 2. The summed E-state index contributed by atoms with van der Waals surface area (Å²) in [6, 6.07) is 15.6. The molecule has 3 nitrogen and oxygen atoms in total. The fourth-order valence-corrected chi connectivity index (χ4v) is 3.35. The van der Waals surface area contributed by atoms with Crippen LogP contribution < -0.4 is 5.32 Å². The molecular weight excluding hydrogens is 325 g/mol. The van der Waals surface area contributed by atoms with Crippen molar-refractivity contribution >= 4 is 23.5 Å². The number of amides is 1. The lowest BCUT2D eigenvalue weighted by Gasteiger charge is -2.05. The van der Waals surface area contributed by atoms with Crippen LogP contribution in [0.5, 0.6) is 0 Å². The molecule has 0 radical (unpaired) electrons. The zero-order chi connectivity index (χ0) is 16.9. The Kier molecular flexibility index (Phi) is 5.30. The van der Waals surface area contributed by atoms with Crippen LogP contribution in [0.2, 0.25) is 0 Å². The Hall–Kier alpha value is -2.14. The van der Waals surface area contributed by atoms with Crippen LogP contribution in [0.25, 0.3) is 0 Å². The van der Waals surface area contributed by atoms with Gasteiger partial charge in [-0.15, -0.1) is 11.8 Å². The molecule has 124 valence electrons. The molecule has 1 amide bonds. The first-order valence-electron chi connectivity index (χ1n) is 7.84. The molecule has 0 aromatic heterocycles. The number of benzene rings is 2. The Morgan fingerprint density at radius 2 is 1.75 bits per heavy atom. The largest absolute Gasteiger partial charge is 0.352 e. The van der Waals surface area contributed by atoms with E-state index in [2.05, 4.69) is 5.32 Å². The van der Waals surface area contributed by atoms with Gasteiger partial charge in [-0.25, -0.2) is 4.39 Å². The molecule has 0 spiro atoms. The molecule has 2 aromatic rings. The van der Waals surface area contributed by atoms with Gasteiger partial charge in [0.2, 0.25) is 5.91 Å². The minimum Gasteiger partial charge on any atom is -0.352 e. The summed E-state index contributed by atoms with van der Waals surface area (Å²) in [6.07, 6.45) is 0.880. The first-order valence-corrected chi connectivity index (χ1v) is 9.00. The van der Waals surface area contributed by atoms with Crippen molar-refractivity contribution < 1.29 is 14.0 Å². The van der Waals surface area contributed by atoms with E-state index in [4.69, 9.17) is 0 Å². The average molecular weight is 343 g/mol. The maximum atomic E-state index is 12.9. The molecule has 1 aliphatic carbocycles. The van der Waals surface area contributed by atoms with Gasteiger partial charge in [-0.3, -0.25) is 9.59 Å². The van der Waals surface area contributed by atoms with Crippen LogP contribution in [0, 0.1) is 5.82 Å². The van der Waals surface area contributed by atoms with Gasteiger partial charge in [0.15, 0.2) is 5.78 Å². The van der Waals surface area contributed by atoms with Crippen molar-refractivity contribution in [3.8, 4) is 0 Å². The second kappa shape index (κ2) is 7.62. The monoisotopic (exact) mass is 343 g/mol. The van der Waals surface area contributed by atoms with Crippen molar-refractivity contribution in [3.63, 3.8) is 0 Å². The molecule has 0 aliphatic heterocycles. The molecule has 1 N–H and O–H groups in total. The van der Waals surface area contributed by atoms with Gasteiger partial charge < -0.3 is 5.32 Å². The van der Waals surface area contributed by atoms with E-state index >= 15 is 0 Å². The normalized spacial score (nSPS) is 18.9. The number of thioether (sulfide) groups is 1. The summed E-state index contributed by atoms with van der Waals surface area (Å²) in [5.41, 5.74) is 1.72. The van der Waals surface area contributed by atoms with Crippen LogP contribution in [-0.4, -0.2) is 29.2 Å². The van der Waals surface area contributed by atoms with Crippen molar-refractivity contribution in [1.82, 2.24) is 5.32 Å². The molecule has 0 bridgehead atoms. The summed E-state index contributed by atoms with van der Waals surface area (Å²) >= 11 is 1.32. The molecule has 5 heteroatoms. The Balaban J connectivity index is 1.38. The van der Waals surface area contributed by atoms with Crippen molar-refractivity contribution in [2.24, 2.45) is 0 Å². The molecule has 24 heavy (non-hydrogen) atoms. The van der Waals surface area contributed by atoms with Crippen molar-refractivity contribution in [2.45, 2.75) is 18.4 Å². The number of ketones is 1. The summed E-state index contributed by atoms with van der Waals surface area (Å²) in [7, 11) is 0. The number of nitrogens with one attached hydrogen (secondary N) is 1. The number of halogens is 1. The highest BCUT2D eigenvalue weighted by Crippen LogP contribution is 2.40. The molecule has 2 atom stereocenters. The third-order valence-corrected chi connectivity index (χ3v) is 4.93. The topological polar surface area (TPSA) is 46.2 Å². The van der Waals surface area contributed by atoms with E-state index in [1.54, 1.807) is 24.3 Å². The zero-order valence-corrected chi connectivity index (χ0v) is 13.9. The van der Waals surface area contributed by atoms with Crippen LogP contribution in [0.4, 0.5) is 4.39 Å². The van der Waals surface area contributed by atoms with E-state index in [0.29, 0.717) is 11.3 Å². The zero-order valence-electron chi connectivity index (χ0n) is 13.1. The van der Waals surface area contributed by atoms with Crippen molar-refractivity contribution in [1.29, 1.82) is 0 Å². The van der Waals surface area contributed by atoms with Gasteiger partial charge in [-0.05, 0) is 24.1 Å². The van der Waals surface area contributed by atoms with Gasteiger partial charge in [-0.2, -0.15) is 0 Å². The van der Waals surface area contributed by atoms with E-state index in [1.807, 2.05) is 18.2 Å². The van der Waals surface area contributed by atoms with Crippen LogP contribution in [0.15, 0.2) is 54.6 Å². The quantitative estimate of drug-likeness (QED) is 0.784. The maximum Gasteiger partial charge on any atom is 0.230 e. The summed E-state index contributed by atoms with van der Waals surface area (Å²) in [6.45, 7) is 0. The number of hydrogen-bond acceptors (Lipinski definition) is 3. The number of Topliss-reactive ketones (excluding diaryl/α,β-unsaturated/α-hetero) is 1. The van der Waals surface area contributed by atoms with Gasteiger partial charge in [0.25, 0.3) is 0 Å². The predicted molar refractivity (Wildman–Crippen MR) is 93.8 cm³/mol. The smallest absolute Gasteiger partial charge is 0.230 e. The molecule has 3 rings (SSSR count). The molecule has 1 aliphatic rings. The number of carbonyl (C=O) groups excluding carboxylic acids is 2. The van der Waals surface area contributed by atoms with E-state index in [9.17, 15) is 14.0 Å². The molecule has 1 saturated carbocycles. The van der Waals surface area contributed by atoms with Crippen LogP contribution >= 0.6 is 11.8 Å². The van der Waals surface area contributed by atoms with E-state index in [0.717, 1.165) is 12.0 Å². The van der Waals surface area contributed by atoms with Crippen molar-refractivity contribution in [3.05, 3.63) is 71.5 Å². The third kappa shape index (κ3) is 4.45. The van der Waals surface area contributed by atoms with Gasteiger partial charge in [0.05, 0.1) is 11.5 Å². The Morgan fingerprint density at radius 3 is 2.46 bits per heavy atom. The van der Waals surface area contributed by atoms with Gasteiger partial charge in [0.1, 0.15) is 5.82 Å². The minimum absolute atomic E-state index is 0.0315. The van der Waals surface area contributed by atoms with Gasteiger partial charge >= 0.3 is 0 Å². The van der Waals surface area contributed by atoms with E-state index in [1.165, 1.54) is 23.9 Å². The summed E-state index contributed by atoms with van der Waals surface area (Å²) in [5, 5.41) is 2.97. The minimum atomic E-state index is -0.250. The molecule has 2 aromatic carbocycles. The molecule has 0 saturated heterocycles. The summed E-state index contributed by atoms with van der Waals surface area (Å²) in [5.74, 6) is 0.554. The molecule has 0 heterocycles. The van der Waals surface area contributed by atoms with Gasteiger partial charge in [-0.1, -0.05) is 42.5 Å². The second-order valence-electron chi connectivity index (χ2n) is 5.85. The Bertz CT molecular complexity index is 718. The average Bonchev–Trinajstić information content (AvgIpc) is 3.35. The standard InChI is InChI=1S/C19H18FNO2S/c20-15-8-6-13(7-9-15)16-10-17(16)21-19(23)12-24-11-18(22)14-4-2-1-3-5-14/h1-9,16-17H,10-12H2,(H,21,23)/t16-,17-/m0/s1. The summed E-state index contributed by atoms with van der Waals surface area (Å²) < 4.78 is 12.9. The second-order valence-corrected chi connectivity index (χ2v) is 6.84. The van der Waals surface area contributed by atoms with E-state index < -0.39 is 0 Å². The van der Waals surface area contributed by atoms with E-state index in [-0.39, 0.29) is 35.2 Å². The fourth-order valence-electron chi connectivity index (χ4n) is 2.63. The molecule has 1 fully saturated rings. The highest BCUT2D eigenvalue weighted by Gasteiger charge is 2.39. The Labute approximate surface area is 144 Å². The van der Waals surface area contributed by atoms with Gasteiger partial charge in [0, 0.05) is 17.5 Å².